The van der Waals surface area contributed by atoms with E-state index in [4.69, 9.17) is 27.9 Å². The van der Waals surface area contributed by atoms with Crippen molar-refractivity contribution in [1.82, 2.24) is 5.32 Å². The van der Waals surface area contributed by atoms with Crippen molar-refractivity contribution in [3.8, 4) is 5.75 Å². The highest BCUT2D eigenvalue weighted by molar-refractivity contribution is 6.42. The minimum Gasteiger partial charge on any atom is -0.493 e. The molecule has 1 amide bonds. The molecule has 1 aromatic carbocycles. The number of carbonyl (C=O) groups is 1. The Bertz CT molecular complexity index is 468. The fourth-order valence-electron chi connectivity index (χ4n) is 1.88. The molecule has 0 radical (unpaired) electrons. The van der Waals surface area contributed by atoms with Crippen LogP contribution in [0.1, 0.15) is 33.1 Å². The van der Waals surface area contributed by atoms with Gasteiger partial charge in [0, 0.05) is 6.07 Å². The molecule has 0 fully saturated rings. The number of ether oxygens (including phenoxy) is 1. The Labute approximate surface area is 135 Å². The third-order valence-corrected chi connectivity index (χ3v) is 4.29. The van der Waals surface area contributed by atoms with Crippen molar-refractivity contribution in [1.29, 1.82) is 0 Å². The summed E-state index contributed by atoms with van der Waals surface area (Å²) in [7, 11) is 0. The standard InChI is InChI=1S/C15H21Cl2NO3/c1-3-15(4-2,10-19)18-14(20)7-8-21-11-5-6-12(16)13(17)9-11/h5-6,9,19H,3-4,7-8,10H2,1-2H3,(H,18,20). The second-order valence-corrected chi connectivity index (χ2v) is 5.68. The lowest BCUT2D eigenvalue weighted by Gasteiger charge is -2.30. The number of carbonyl (C=O) groups excluding carboxylic acids is 1. The van der Waals surface area contributed by atoms with Crippen molar-refractivity contribution in [2.75, 3.05) is 13.2 Å². The van der Waals surface area contributed by atoms with Crippen molar-refractivity contribution in [3.63, 3.8) is 0 Å². The number of amides is 1. The zero-order chi connectivity index (χ0) is 15.9. The average Bonchev–Trinajstić information content (AvgIpc) is 2.48. The van der Waals surface area contributed by atoms with Crippen LogP contribution in [0.25, 0.3) is 0 Å². The van der Waals surface area contributed by atoms with Crippen LogP contribution in [-0.2, 0) is 4.79 Å². The number of halogens is 2. The molecule has 0 aliphatic rings. The van der Waals surface area contributed by atoms with Crippen molar-refractivity contribution < 1.29 is 14.6 Å². The van der Waals surface area contributed by atoms with Crippen LogP contribution in [0.4, 0.5) is 0 Å². The lowest BCUT2D eigenvalue weighted by molar-refractivity contribution is -0.124. The van der Waals surface area contributed by atoms with Gasteiger partial charge in [0.1, 0.15) is 5.75 Å². The maximum absolute atomic E-state index is 11.9. The smallest absolute Gasteiger partial charge is 0.223 e. The van der Waals surface area contributed by atoms with E-state index in [1.54, 1.807) is 18.2 Å². The van der Waals surface area contributed by atoms with Gasteiger partial charge in [-0.3, -0.25) is 4.79 Å². The summed E-state index contributed by atoms with van der Waals surface area (Å²) in [6, 6.07) is 4.95. The number of aliphatic hydroxyl groups is 1. The molecule has 0 spiro atoms. The normalized spacial score (nSPS) is 11.3. The predicted molar refractivity (Wildman–Crippen MR) is 85.1 cm³/mol. The Morgan fingerprint density at radius 3 is 2.48 bits per heavy atom. The molecule has 0 aromatic heterocycles. The van der Waals surface area contributed by atoms with Gasteiger partial charge in [-0.1, -0.05) is 37.0 Å². The van der Waals surface area contributed by atoms with Gasteiger partial charge in [-0.2, -0.15) is 0 Å². The van der Waals surface area contributed by atoms with Gasteiger partial charge < -0.3 is 15.2 Å². The van der Waals surface area contributed by atoms with E-state index in [1.807, 2.05) is 13.8 Å². The molecule has 0 aliphatic carbocycles. The first-order valence-electron chi connectivity index (χ1n) is 6.96. The van der Waals surface area contributed by atoms with E-state index in [2.05, 4.69) is 5.32 Å². The summed E-state index contributed by atoms with van der Waals surface area (Å²) >= 11 is 11.7. The fraction of sp³-hybridized carbons (Fsp3) is 0.533. The molecule has 0 atom stereocenters. The highest BCUT2D eigenvalue weighted by atomic mass is 35.5. The maximum atomic E-state index is 11.9. The van der Waals surface area contributed by atoms with E-state index in [9.17, 15) is 9.90 Å². The minimum absolute atomic E-state index is 0.0701. The van der Waals surface area contributed by atoms with Crippen molar-refractivity contribution in [2.45, 2.75) is 38.6 Å². The van der Waals surface area contributed by atoms with Crippen LogP contribution in [0.3, 0.4) is 0 Å². The number of rotatable bonds is 8. The Morgan fingerprint density at radius 2 is 1.95 bits per heavy atom. The number of benzene rings is 1. The number of hydrogen-bond acceptors (Lipinski definition) is 3. The first-order chi connectivity index (χ1) is 9.96. The third-order valence-electron chi connectivity index (χ3n) is 3.55. The van der Waals surface area contributed by atoms with Crippen LogP contribution in [0.15, 0.2) is 18.2 Å². The summed E-state index contributed by atoms with van der Waals surface area (Å²) in [6.45, 7) is 4.04. The van der Waals surface area contributed by atoms with Crippen LogP contribution in [-0.4, -0.2) is 29.8 Å². The van der Waals surface area contributed by atoms with Crippen LogP contribution < -0.4 is 10.1 Å². The van der Waals surface area contributed by atoms with Gasteiger partial charge in [-0.05, 0) is 25.0 Å². The lowest BCUT2D eigenvalue weighted by atomic mass is 9.94. The second kappa shape index (κ2) is 8.47. The van der Waals surface area contributed by atoms with Crippen LogP contribution in [0, 0.1) is 0 Å². The molecular weight excluding hydrogens is 313 g/mol. The zero-order valence-corrected chi connectivity index (χ0v) is 13.8. The molecule has 0 saturated carbocycles. The van der Waals surface area contributed by atoms with Gasteiger partial charge in [0.05, 0.1) is 35.2 Å². The highest BCUT2D eigenvalue weighted by Crippen LogP contribution is 2.26. The minimum atomic E-state index is -0.541. The second-order valence-electron chi connectivity index (χ2n) is 4.87. The van der Waals surface area contributed by atoms with Crippen LogP contribution in [0.5, 0.6) is 5.75 Å². The molecule has 1 rings (SSSR count). The van der Waals surface area contributed by atoms with Crippen molar-refractivity contribution in [3.05, 3.63) is 28.2 Å². The van der Waals surface area contributed by atoms with Gasteiger partial charge in [0.15, 0.2) is 0 Å². The lowest BCUT2D eigenvalue weighted by Crippen LogP contribution is -2.50. The van der Waals surface area contributed by atoms with Gasteiger partial charge in [-0.25, -0.2) is 0 Å². The molecule has 0 aliphatic heterocycles. The Kier molecular flexibility index (Phi) is 7.29. The van der Waals surface area contributed by atoms with E-state index in [0.29, 0.717) is 28.6 Å². The molecule has 1 aromatic rings. The first-order valence-corrected chi connectivity index (χ1v) is 7.71. The maximum Gasteiger partial charge on any atom is 0.223 e. The molecule has 2 N–H and O–H groups in total. The quantitative estimate of drug-likeness (QED) is 0.766. The molecule has 0 saturated heterocycles. The third kappa shape index (κ3) is 5.38. The van der Waals surface area contributed by atoms with Gasteiger partial charge in [-0.15, -0.1) is 0 Å². The van der Waals surface area contributed by atoms with E-state index >= 15 is 0 Å². The van der Waals surface area contributed by atoms with Crippen LogP contribution >= 0.6 is 23.2 Å². The molecule has 21 heavy (non-hydrogen) atoms. The first kappa shape index (κ1) is 18.1. The van der Waals surface area contributed by atoms with Crippen molar-refractivity contribution >= 4 is 29.1 Å². The molecule has 4 nitrogen and oxygen atoms in total. The van der Waals surface area contributed by atoms with Gasteiger partial charge in [0.25, 0.3) is 0 Å². The van der Waals surface area contributed by atoms with Crippen LogP contribution in [0.2, 0.25) is 10.0 Å². The highest BCUT2D eigenvalue weighted by Gasteiger charge is 2.26. The molecule has 0 unspecified atom stereocenters. The Balaban J connectivity index is 2.44. The number of aliphatic hydroxyl groups excluding tert-OH is 1. The molecule has 0 bridgehead atoms. The molecule has 118 valence electrons. The Morgan fingerprint density at radius 1 is 1.29 bits per heavy atom. The average molecular weight is 334 g/mol. The van der Waals surface area contributed by atoms with Crippen molar-refractivity contribution in [2.24, 2.45) is 0 Å². The summed E-state index contributed by atoms with van der Waals surface area (Å²) in [5.41, 5.74) is -0.541. The number of nitrogens with one attached hydrogen (secondary N) is 1. The summed E-state index contributed by atoms with van der Waals surface area (Å²) in [5, 5.41) is 13.2. The SMILES string of the molecule is CCC(CC)(CO)NC(=O)CCOc1ccc(Cl)c(Cl)c1. The Hall–Kier alpha value is -0.970. The van der Waals surface area contributed by atoms with E-state index in [0.717, 1.165) is 0 Å². The van der Waals surface area contributed by atoms with Gasteiger partial charge >= 0.3 is 0 Å². The van der Waals surface area contributed by atoms with Gasteiger partial charge in [0.2, 0.25) is 5.91 Å². The predicted octanol–water partition coefficient (Wildman–Crippen LogP) is 3.43. The monoisotopic (exact) mass is 333 g/mol. The summed E-state index contributed by atoms with van der Waals surface area (Å²) in [6.07, 6.45) is 1.57. The number of hydrogen-bond donors (Lipinski definition) is 2. The van der Waals surface area contributed by atoms with E-state index < -0.39 is 5.54 Å². The molecular formula is C15H21Cl2NO3. The topological polar surface area (TPSA) is 58.6 Å². The summed E-state index contributed by atoms with van der Waals surface area (Å²) < 4.78 is 5.46. The van der Waals surface area contributed by atoms with E-state index in [1.165, 1.54) is 0 Å². The van der Waals surface area contributed by atoms with E-state index in [-0.39, 0.29) is 25.5 Å². The molecule has 6 heteroatoms. The fourth-order valence-corrected chi connectivity index (χ4v) is 2.16. The summed E-state index contributed by atoms with van der Waals surface area (Å²) in [4.78, 5) is 11.9. The zero-order valence-electron chi connectivity index (χ0n) is 12.3. The summed E-state index contributed by atoms with van der Waals surface area (Å²) in [5.74, 6) is 0.421. The molecule has 0 heterocycles. The largest absolute Gasteiger partial charge is 0.493 e.